The fraction of sp³-hybridized carbons (Fsp3) is 0.250. The highest BCUT2D eigenvalue weighted by molar-refractivity contribution is 8.01. The molecule has 0 aliphatic rings. The van der Waals surface area contributed by atoms with Crippen molar-refractivity contribution in [2.45, 2.75) is 24.7 Å². The van der Waals surface area contributed by atoms with Gasteiger partial charge in [-0.15, -0.1) is 16.8 Å². The molecule has 6 nitrogen and oxygen atoms in total. The van der Waals surface area contributed by atoms with Crippen LogP contribution in [0.3, 0.4) is 0 Å². The van der Waals surface area contributed by atoms with Crippen LogP contribution in [0.25, 0.3) is 0 Å². The molecule has 0 bridgehead atoms. The molecule has 8 heteroatoms. The number of rotatable bonds is 9. The lowest BCUT2D eigenvalue weighted by Gasteiger charge is -2.05. The van der Waals surface area contributed by atoms with Gasteiger partial charge in [-0.3, -0.25) is 4.79 Å². The minimum Gasteiger partial charge on any atom is -0.497 e. The minimum atomic E-state index is 0.0910. The molecular weight excluding hydrogens is 392 g/mol. The number of thioether (sulfide) groups is 1. The van der Waals surface area contributed by atoms with Crippen molar-refractivity contribution in [3.8, 4) is 5.75 Å². The summed E-state index contributed by atoms with van der Waals surface area (Å²) in [6.45, 7) is 8.45. The largest absolute Gasteiger partial charge is 0.497 e. The topological polar surface area (TPSA) is 69.0 Å². The number of hydrogen-bond acceptors (Lipinski definition) is 7. The van der Waals surface area contributed by atoms with Crippen LogP contribution in [0.15, 0.2) is 47.3 Å². The predicted octanol–water partition coefficient (Wildman–Crippen LogP) is 4.87. The van der Waals surface area contributed by atoms with Crippen LogP contribution in [-0.2, 0) is 6.54 Å². The van der Waals surface area contributed by atoms with Crippen molar-refractivity contribution in [3.05, 3.63) is 59.9 Å². The van der Waals surface area contributed by atoms with Crippen molar-refractivity contribution < 1.29 is 9.53 Å². The van der Waals surface area contributed by atoms with Crippen LogP contribution >= 0.6 is 23.1 Å². The Morgan fingerprint density at radius 1 is 1.32 bits per heavy atom. The number of carbonyl (C=O) groups is 1. The molecule has 0 saturated carbocycles. The highest BCUT2D eigenvalue weighted by Gasteiger charge is 2.16. The van der Waals surface area contributed by atoms with Crippen LogP contribution in [0.4, 0.5) is 10.8 Å². The predicted molar refractivity (Wildman–Crippen MR) is 115 cm³/mol. The van der Waals surface area contributed by atoms with Gasteiger partial charge in [0, 0.05) is 29.2 Å². The second-order valence-corrected chi connectivity index (χ2v) is 8.32. The Morgan fingerprint density at radius 2 is 2.07 bits per heavy atom. The molecule has 0 aliphatic heterocycles. The molecule has 2 aromatic heterocycles. The third-order valence-electron chi connectivity index (χ3n) is 4.26. The Kier molecular flexibility index (Phi) is 6.53. The van der Waals surface area contributed by atoms with Crippen molar-refractivity contribution in [2.75, 3.05) is 18.2 Å². The molecule has 146 valence electrons. The highest BCUT2D eigenvalue weighted by Crippen LogP contribution is 2.29. The molecule has 28 heavy (non-hydrogen) atoms. The summed E-state index contributed by atoms with van der Waals surface area (Å²) in [6, 6.07) is 9.52. The van der Waals surface area contributed by atoms with Crippen molar-refractivity contribution >= 4 is 39.7 Å². The Hall–Kier alpha value is -2.58. The lowest BCUT2D eigenvalue weighted by molar-refractivity contribution is 0.102. The molecule has 0 fully saturated rings. The van der Waals surface area contributed by atoms with E-state index in [9.17, 15) is 4.79 Å². The van der Waals surface area contributed by atoms with Crippen LogP contribution in [0.2, 0.25) is 0 Å². The highest BCUT2D eigenvalue weighted by atomic mass is 32.2. The van der Waals surface area contributed by atoms with E-state index in [0.29, 0.717) is 17.4 Å². The summed E-state index contributed by atoms with van der Waals surface area (Å²) in [5.41, 5.74) is 3.70. The van der Waals surface area contributed by atoms with Gasteiger partial charge >= 0.3 is 0 Å². The first-order valence-electron chi connectivity index (χ1n) is 8.70. The molecule has 0 spiro atoms. The van der Waals surface area contributed by atoms with Crippen molar-refractivity contribution in [3.63, 3.8) is 0 Å². The van der Waals surface area contributed by atoms with Gasteiger partial charge in [0.15, 0.2) is 10.1 Å². The fourth-order valence-corrected chi connectivity index (χ4v) is 4.47. The molecule has 0 aliphatic carbocycles. The molecular formula is C20H22N4O2S2. The zero-order chi connectivity index (χ0) is 20.1. The van der Waals surface area contributed by atoms with E-state index in [-0.39, 0.29) is 5.78 Å². The summed E-state index contributed by atoms with van der Waals surface area (Å²) in [6.07, 6.45) is 1.83. The third-order valence-corrected chi connectivity index (χ3v) is 6.23. The maximum atomic E-state index is 12.6. The first-order chi connectivity index (χ1) is 13.5. The Balaban J connectivity index is 1.60. The molecule has 1 aromatic carbocycles. The average molecular weight is 415 g/mol. The number of ketones is 1. The Bertz CT molecular complexity index is 977. The number of Topliss-reactive ketones (excluding diaryl/α,β-unsaturated/α-hetero) is 1. The van der Waals surface area contributed by atoms with E-state index in [0.717, 1.165) is 32.7 Å². The summed E-state index contributed by atoms with van der Waals surface area (Å²) < 4.78 is 7.99. The maximum Gasteiger partial charge on any atom is 0.210 e. The molecule has 0 amide bonds. The van der Waals surface area contributed by atoms with E-state index < -0.39 is 0 Å². The zero-order valence-electron chi connectivity index (χ0n) is 16.1. The number of hydrogen-bond donors (Lipinski definition) is 1. The molecule has 3 aromatic rings. The van der Waals surface area contributed by atoms with E-state index in [2.05, 4.69) is 26.7 Å². The second-order valence-electron chi connectivity index (χ2n) is 6.12. The normalized spacial score (nSPS) is 10.7. The van der Waals surface area contributed by atoms with Crippen molar-refractivity contribution in [1.82, 2.24) is 14.8 Å². The first-order valence-corrected chi connectivity index (χ1v) is 10.5. The van der Waals surface area contributed by atoms with Gasteiger partial charge in [-0.1, -0.05) is 29.2 Å². The van der Waals surface area contributed by atoms with Gasteiger partial charge in [0.2, 0.25) is 5.13 Å². The van der Waals surface area contributed by atoms with E-state index in [1.807, 2.05) is 50.3 Å². The molecule has 0 unspecified atom stereocenters. The van der Waals surface area contributed by atoms with Gasteiger partial charge in [0.05, 0.1) is 12.9 Å². The fourth-order valence-electron chi connectivity index (χ4n) is 2.81. The third kappa shape index (κ3) is 4.63. The number of allylic oxidation sites excluding steroid dienone is 1. The number of anilines is 2. The molecule has 1 N–H and O–H groups in total. The summed E-state index contributed by atoms with van der Waals surface area (Å²) in [4.78, 5) is 12.6. The second kappa shape index (κ2) is 9.07. The molecule has 2 heterocycles. The smallest absolute Gasteiger partial charge is 0.210 e. The standard InChI is InChI=1S/C20H22N4O2S2/c1-5-10-24-13(2)11-17(14(24)3)18(25)12-27-20-23-22-19(28-20)21-15-6-8-16(26-4)9-7-15/h5-9,11H,1,10,12H2,2-4H3,(H,21,22). The summed E-state index contributed by atoms with van der Waals surface area (Å²) in [5.74, 6) is 1.22. The van der Waals surface area contributed by atoms with Gasteiger partial charge in [-0.2, -0.15) is 0 Å². The van der Waals surface area contributed by atoms with Gasteiger partial charge in [-0.05, 0) is 44.2 Å². The SMILES string of the molecule is C=CCn1c(C)cc(C(=O)CSc2nnc(Nc3ccc(OC)cc3)s2)c1C. The summed E-state index contributed by atoms with van der Waals surface area (Å²) in [5, 5.41) is 12.2. The summed E-state index contributed by atoms with van der Waals surface area (Å²) in [7, 11) is 1.63. The lowest BCUT2D eigenvalue weighted by atomic mass is 10.2. The lowest BCUT2D eigenvalue weighted by Crippen LogP contribution is -2.06. The minimum absolute atomic E-state index is 0.0910. The van der Waals surface area contributed by atoms with Crippen LogP contribution in [0.1, 0.15) is 21.7 Å². The number of aromatic nitrogens is 3. The molecule has 3 rings (SSSR count). The zero-order valence-corrected chi connectivity index (χ0v) is 17.7. The molecule has 0 atom stereocenters. The van der Waals surface area contributed by atoms with Gasteiger partial charge in [0.1, 0.15) is 5.75 Å². The Labute approximate surface area is 172 Å². The van der Waals surface area contributed by atoms with Crippen molar-refractivity contribution in [1.29, 1.82) is 0 Å². The van der Waals surface area contributed by atoms with Crippen LogP contribution in [0, 0.1) is 13.8 Å². The van der Waals surface area contributed by atoms with Crippen LogP contribution in [0.5, 0.6) is 5.75 Å². The number of carbonyl (C=O) groups excluding carboxylic acids is 1. The first kappa shape index (κ1) is 20.2. The number of aryl methyl sites for hydroxylation is 1. The monoisotopic (exact) mass is 414 g/mol. The summed E-state index contributed by atoms with van der Waals surface area (Å²) >= 11 is 2.83. The van der Waals surface area contributed by atoms with E-state index in [1.165, 1.54) is 23.1 Å². The Morgan fingerprint density at radius 3 is 2.75 bits per heavy atom. The van der Waals surface area contributed by atoms with E-state index in [4.69, 9.17) is 4.74 Å². The number of benzene rings is 1. The molecule has 0 radical (unpaired) electrons. The quantitative estimate of drug-likeness (QED) is 0.306. The number of nitrogens with zero attached hydrogens (tertiary/aromatic N) is 3. The number of ether oxygens (including phenoxy) is 1. The van der Waals surface area contributed by atoms with E-state index in [1.54, 1.807) is 7.11 Å². The maximum absolute atomic E-state index is 12.6. The number of nitrogens with one attached hydrogen (secondary N) is 1. The van der Waals surface area contributed by atoms with Gasteiger partial charge in [0.25, 0.3) is 0 Å². The molecule has 0 saturated heterocycles. The van der Waals surface area contributed by atoms with E-state index >= 15 is 0 Å². The average Bonchev–Trinajstić information content (AvgIpc) is 3.26. The van der Waals surface area contributed by atoms with Crippen molar-refractivity contribution in [2.24, 2.45) is 0 Å². The van der Waals surface area contributed by atoms with Gasteiger partial charge in [-0.25, -0.2) is 0 Å². The van der Waals surface area contributed by atoms with Gasteiger partial charge < -0.3 is 14.6 Å². The van der Waals surface area contributed by atoms with Crippen LogP contribution in [-0.4, -0.2) is 33.4 Å². The van der Waals surface area contributed by atoms with Crippen LogP contribution < -0.4 is 10.1 Å². The number of methoxy groups -OCH3 is 1.